The van der Waals surface area contributed by atoms with Gasteiger partial charge in [-0.15, -0.1) is 0 Å². The van der Waals surface area contributed by atoms with Crippen LogP contribution >= 0.6 is 0 Å². The molecular formula is C31H55NO7. The molecule has 0 saturated heterocycles. The van der Waals surface area contributed by atoms with Gasteiger partial charge >= 0.3 is 11.9 Å². The summed E-state index contributed by atoms with van der Waals surface area (Å²) in [6.45, 7) is 2.04. The second-order valence-electron chi connectivity index (χ2n) is 11.1. The highest BCUT2D eigenvalue weighted by molar-refractivity contribution is 5.85. The van der Waals surface area contributed by atoms with Crippen LogP contribution in [0.5, 0.6) is 0 Å². The maximum absolute atomic E-state index is 12.3. The van der Waals surface area contributed by atoms with Gasteiger partial charge in [0.1, 0.15) is 17.3 Å². The Morgan fingerprint density at radius 2 is 1.05 bits per heavy atom. The van der Waals surface area contributed by atoms with Crippen LogP contribution in [-0.2, 0) is 24.0 Å². The molecule has 8 heteroatoms. The molecule has 0 aliphatic heterocycles. The van der Waals surface area contributed by atoms with Gasteiger partial charge in [-0.05, 0) is 38.5 Å². The summed E-state index contributed by atoms with van der Waals surface area (Å²) in [5, 5.41) is 18.1. The van der Waals surface area contributed by atoms with E-state index >= 15 is 0 Å². The average molecular weight is 554 g/mol. The molecule has 0 aromatic heterocycles. The van der Waals surface area contributed by atoms with Crippen molar-refractivity contribution < 1.29 is 34.2 Å². The fourth-order valence-corrected chi connectivity index (χ4v) is 4.72. The summed E-state index contributed by atoms with van der Waals surface area (Å²) < 4.78 is 0. The Morgan fingerprint density at radius 1 is 0.564 bits per heavy atom. The minimum atomic E-state index is -1.01. The Labute approximate surface area is 235 Å². The second kappa shape index (κ2) is 24.9. The van der Waals surface area contributed by atoms with Gasteiger partial charge in [0.2, 0.25) is 0 Å². The van der Waals surface area contributed by atoms with Crippen LogP contribution in [0.1, 0.15) is 155 Å². The number of ketones is 3. The van der Waals surface area contributed by atoms with Gasteiger partial charge in [0.05, 0.1) is 12.0 Å². The maximum Gasteiger partial charge on any atom is 0.306 e. The third-order valence-electron chi connectivity index (χ3n) is 7.35. The minimum Gasteiger partial charge on any atom is -0.481 e. The number of nitrogens with two attached hydrogens (primary N) is 1. The van der Waals surface area contributed by atoms with Crippen LogP contribution < -0.4 is 5.73 Å². The minimum absolute atomic E-state index is 0.00552. The van der Waals surface area contributed by atoms with Crippen molar-refractivity contribution in [3.05, 3.63) is 0 Å². The van der Waals surface area contributed by atoms with E-state index in [2.05, 4.69) is 0 Å². The molecule has 226 valence electrons. The zero-order valence-electron chi connectivity index (χ0n) is 24.4. The summed E-state index contributed by atoms with van der Waals surface area (Å²) >= 11 is 0. The van der Waals surface area contributed by atoms with E-state index < -0.39 is 23.9 Å². The van der Waals surface area contributed by atoms with Crippen molar-refractivity contribution in [1.82, 2.24) is 0 Å². The van der Waals surface area contributed by atoms with Gasteiger partial charge in [-0.3, -0.25) is 24.0 Å². The van der Waals surface area contributed by atoms with Crippen LogP contribution in [0.25, 0.3) is 0 Å². The van der Waals surface area contributed by atoms with Crippen LogP contribution in [0.15, 0.2) is 0 Å². The molecule has 0 fully saturated rings. The van der Waals surface area contributed by atoms with Crippen molar-refractivity contribution in [2.24, 2.45) is 11.7 Å². The fraction of sp³-hybridized carbons (Fsp3) is 0.839. The molecule has 0 saturated carbocycles. The van der Waals surface area contributed by atoms with Gasteiger partial charge < -0.3 is 15.9 Å². The molecule has 39 heavy (non-hydrogen) atoms. The number of hydrogen-bond acceptors (Lipinski definition) is 6. The van der Waals surface area contributed by atoms with E-state index in [0.717, 1.165) is 89.9 Å². The van der Waals surface area contributed by atoms with Crippen LogP contribution in [0.3, 0.4) is 0 Å². The lowest BCUT2D eigenvalue weighted by molar-refractivity contribution is -0.144. The molecule has 8 nitrogen and oxygen atoms in total. The van der Waals surface area contributed by atoms with Gasteiger partial charge in [0.15, 0.2) is 0 Å². The third kappa shape index (κ3) is 23.5. The Morgan fingerprint density at radius 3 is 1.56 bits per heavy atom. The van der Waals surface area contributed by atoms with Gasteiger partial charge in [-0.1, -0.05) is 77.6 Å². The molecule has 0 amide bonds. The van der Waals surface area contributed by atoms with Crippen LogP contribution in [0, 0.1) is 5.92 Å². The van der Waals surface area contributed by atoms with Crippen molar-refractivity contribution in [3.8, 4) is 0 Å². The first-order chi connectivity index (χ1) is 18.7. The van der Waals surface area contributed by atoms with Crippen molar-refractivity contribution in [2.75, 3.05) is 0 Å². The number of carbonyl (C=O) groups excluding carboxylic acids is 3. The molecule has 0 aromatic carbocycles. The summed E-state index contributed by atoms with van der Waals surface area (Å²) in [5.74, 6) is -2.45. The Hall–Kier alpha value is -2.09. The molecular weight excluding hydrogens is 498 g/mol. The SMILES string of the molecule is CCCCC(=O)[C@@H](N)CCCCCC(=O)CC[C@H](CC(=O)CCCCCCCCCCCCC(=O)O)C(=O)O. The largest absolute Gasteiger partial charge is 0.481 e. The highest BCUT2D eigenvalue weighted by Gasteiger charge is 2.22. The fourth-order valence-electron chi connectivity index (χ4n) is 4.72. The normalized spacial score (nSPS) is 12.7. The lowest BCUT2D eigenvalue weighted by Crippen LogP contribution is -2.30. The number of rotatable bonds is 29. The monoisotopic (exact) mass is 553 g/mol. The standard InChI is InChI=1S/C31H55NO7/c1-2-3-20-29(35)28(32)19-15-12-14-17-26(33)23-22-25(31(38)39)24-27(34)18-13-10-8-6-4-5-7-9-11-16-21-30(36)37/h25,28H,2-24,32H2,1H3,(H,36,37)(H,38,39)/t25-,28+/m1/s1. The van der Waals surface area contributed by atoms with Gasteiger partial charge in [0, 0.05) is 38.5 Å². The molecule has 0 radical (unpaired) electrons. The van der Waals surface area contributed by atoms with E-state index in [1.54, 1.807) is 0 Å². The van der Waals surface area contributed by atoms with E-state index in [1.807, 2.05) is 6.92 Å². The summed E-state index contributed by atoms with van der Waals surface area (Å²) in [6.07, 6.45) is 16.9. The quantitative estimate of drug-likeness (QED) is 0.0855. The van der Waals surface area contributed by atoms with E-state index in [1.165, 1.54) is 0 Å². The second-order valence-corrected chi connectivity index (χ2v) is 11.1. The lowest BCUT2D eigenvalue weighted by atomic mass is 9.93. The Bertz CT molecular complexity index is 707. The summed E-state index contributed by atoms with van der Waals surface area (Å²) in [6, 6.07) is -0.416. The molecule has 0 bridgehead atoms. The Kier molecular flexibility index (Phi) is 23.6. The third-order valence-corrected chi connectivity index (χ3v) is 7.35. The molecule has 0 spiro atoms. The molecule has 0 unspecified atom stereocenters. The van der Waals surface area contributed by atoms with Crippen molar-refractivity contribution in [1.29, 1.82) is 0 Å². The van der Waals surface area contributed by atoms with E-state index in [9.17, 15) is 29.1 Å². The van der Waals surface area contributed by atoms with Crippen LogP contribution in [0.2, 0.25) is 0 Å². The Balaban J connectivity index is 3.85. The average Bonchev–Trinajstić information content (AvgIpc) is 2.89. The zero-order valence-corrected chi connectivity index (χ0v) is 24.4. The molecule has 4 N–H and O–H groups in total. The number of hydrogen-bond donors (Lipinski definition) is 3. The number of carbonyl (C=O) groups is 5. The predicted octanol–water partition coefficient (Wildman–Crippen LogP) is 6.80. The molecule has 2 atom stereocenters. The number of unbranched alkanes of at least 4 members (excludes halogenated alkanes) is 12. The molecule has 0 heterocycles. The molecule has 0 aromatic rings. The molecule has 0 aliphatic rings. The highest BCUT2D eigenvalue weighted by Crippen LogP contribution is 2.18. The van der Waals surface area contributed by atoms with Gasteiger partial charge in [-0.2, -0.15) is 0 Å². The molecule has 0 rings (SSSR count). The van der Waals surface area contributed by atoms with Crippen LogP contribution in [0.4, 0.5) is 0 Å². The summed E-state index contributed by atoms with van der Waals surface area (Å²) in [5.41, 5.74) is 5.92. The number of aliphatic carboxylic acids is 2. The highest BCUT2D eigenvalue weighted by atomic mass is 16.4. The maximum atomic E-state index is 12.3. The lowest BCUT2D eigenvalue weighted by Gasteiger charge is -2.12. The zero-order chi connectivity index (χ0) is 29.3. The predicted molar refractivity (Wildman–Crippen MR) is 154 cm³/mol. The first kappa shape index (κ1) is 36.9. The van der Waals surface area contributed by atoms with Gasteiger partial charge in [-0.25, -0.2) is 0 Å². The van der Waals surface area contributed by atoms with Crippen LogP contribution in [-0.4, -0.2) is 45.5 Å². The van der Waals surface area contributed by atoms with Crippen molar-refractivity contribution in [3.63, 3.8) is 0 Å². The smallest absolute Gasteiger partial charge is 0.306 e. The summed E-state index contributed by atoms with van der Waals surface area (Å²) in [4.78, 5) is 58.4. The number of Topliss-reactive ketones (excluding diaryl/α,β-unsaturated/α-hetero) is 3. The first-order valence-electron chi connectivity index (χ1n) is 15.4. The van der Waals surface area contributed by atoms with E-state index in [4.69, 9.17) is 10.8 Å². The number of carboxylic acids is 2. The van der Waals surface area contributed by atoms with E-state index in [0.29, 0.717) is 32.1 Å². The van der Waals surface area contributed by atoms with Crippen molar-refractivity contribution in [2.45, 2.75) is 161 Å². The van der Waals surface area contributed by atoms with E-state index in [-0.39, 0.29) is 43.0 Å². The summed E-state index contributed by atoms with van der Waals surface area (Å²) in [7, 11) is 0. The van der Waals surface area contributed by atoms with Gasteiger partial charge in [0.25, 0.3) is 0 Å². The van der Waals surface area contributed by atoms with Crippen molar-refractivity contribution >= 4 is 29.3 Å². The number of carboxylic acid groups (broad SMARTS) is 2. The topological polar surface area (TPSA) is 152 Å². The molecule has 0 aliphatic carbocycles. The first-order valence-corrected chi connectivity index (χ1v) is 15.4.